The lowest BCUT2D eigenvalue weighted by atomic mass is 9.78. The number of ether oxygens (including phenoxy) is 4. The molecule has 4 aromatic carbocycles. The molecule has 0 atom stereocenters. The van der Waals surface area contributed by atoms with Gasteiger partial charge in [0.2, 0.25) is 0 Å². The lowest BCUT2D eigenvalue weighted by Crippen LogP contribution is -2.20. The third-order valence-electron chi connectivity index (χ3n) is 5.97. The zero-order chi connectivity index (χ0) is 31.6. The SMILES string of the molecule is CC(C)(c1cc(Br)c(OC(=O)Oc2ccc(Br)cc2)c(Br)c1)c1cc(Br)c(OC(=O)Oc2c(Br)cc(Br)cc2Br)c(Br)c1. The number of hydrogen-bond acceptors (Lipinski definition) is 6. The maximum absolute atomic E-state index is 12.7. The second-order valence-corrected chi connectivity index (χ2v) is 16.2. The number of carbonyl (C=O) groups is 2. The Morgan fingerprint density at radius 1 is 0.488 bits per heavy atom. The first kappa shape index (κ1) is 35.1. The van der Waals surface area contributed by atoms with Gasteiger partial charge in [0.1, 0.15) is 5.75 Å². The molecule has 0 aliphatic carbocycles. The molecule has 224 valence electrons. The Bertz CT molecular complexity index is 1650. The first-order valence-corrected chi connectivity index (χ1v) is 18.2. The molecular weight excluding hydrogens is 1080 g/mol. The number of benzene rings is 4. The van der Waals surface area contributed by atoms with Crippen molar-refractivity contribution in [3.8, 4) is 23.0 Å². The topological polar surface area (TPSA) is 71.1 Å². The molecule has 0 fully saturated rings. The van der Waals surface area contributed by atoms with Crippen molar-refractivity contribution in [3.05, 3.63) is 108 Å². The standard InChI is InChI=1S/C29H16Br8O6/c1-29(2,13-7-18(32)24(19(33)8-13)41-27(38)40-17-5-3-15(30)4-6-17)14-9-20(34)25(21(35)10-14)42-28(39)43-26-22(36)11-16(31)12-23(26)37/h3-12H,1-2H3. The van der Waals surface area contributed by atoms with E-state index >= 15 is 0 Å². The Morgan fingerprint density at radius 3 is 1.19 bits per heavy atom. The normalized spacial score (nSPS) is 11.2. The van der Waals surface area contributed by atoms with Crippen molar-refractivity contribution in [1.82, 2.24) is 0 Å². The Hall–Kier alpha value is -0.740. The van der Waals surface area contributed by atoms with Crippen LogP contribution in [0.15, 0.2) is 96.4 Å². The van der Waals surface area contributed by atoms with E-state index < -0.39 is 17.7 Å². The minimum absolute atomic E-state index is 0.254. The van der Waals surface area contributed by atoms with Crippen LogP contribution in [0.3, 0.4) is 0 Å². The molecule has 0 saturated carbocycles. The Labute approximate surface area is 314 Å². The van der Waals surface area contributed by atoms with Crippen LogP contribution >= 0.6 is 127 Å². The monoisotopic (exact) mass is 1090 g/mol. The average molecular weight is 1100 g/mol. The molecule has 0 radical (unpaired) electrons. The van der Waals surface area contributed by atoms with Crippen LogP contribution in [0.4, 0.5) is 9.59 Å². The van der Waals surface area contributed by atoms with Crippen LogP contribution in [-0.2, 0) is 5.41 Å². The first-order valence-electron chi connectivity index (χ1n) is 11.8. The van der Waals surface area contributed by atoms with Crippen molar-refractivity contribution in [1.29, 1.82) is 0 Å². The van der Waals surface area contributed by atoms with Gasteiger partial charge in [-0.15, -0.1) is 0 Å². The van der Waals surface area contributed by atoms with Crippen molar-refractivity contribution in [2.45, 2.75) is 19.3 Å². The van der Waals surface area contributed by atoms with Crippen molar-refractivity contribution in [3.63, 3.8) is 0 Å². The van der Waals surface area contributed by atoms with Gasteiger partial charge in [0.25, 0.3) is 0 Å². The molecule has 0 aliphatic rings. The minimum Gasteiger partial charge on any atom is -0.395 e. The summed E-state index contributed by atoms with van der Waals surface area (Å²) in [6, 6.07) is 17.8. The summed E-state index contributed by atoms with van der Waals surface area (Å²) in [4.78, 5) is 25.1. The number of hydrogen-bond donors (Lipinski definition) is 0. The smallest absolute Gasteiger partial charge is 0.395 e. The first-order chi connectivity index (χ1) is 20.1. The number of halogens is 8. The van der Waals surface area contributed by atoms with Gasteiger partial charge in [-0.25, -0.2) is 9.59 Å². The zero-order valence-corrected chi connectivity index (χ0v) is 34.4. The number of rotatable bonds is 6. The van der Waals surface area contributed by atoms with E-state index in [1.165, 1.54) is 0 Å². The van der Waals surface area contributed by atoms with E-state index in [9.17, 15) is 9.59 Å². The molecule has 4 aromatic rings. The molecule has 0 amide bonds. The van der Waals surface area contributed by atoms with Gasteiger partial charge in [-0.1, -0.05) is 45.7 Å². The molecule has 0 N–H and O–H groups in total. The quantitative estimate of drug-likeness (QED) is 0.142. The molecule has 0 saturated heterocycles. The maximum Gasteiger partial charge on any atom is 0.519 e. The summed E-state index contributed by atoms with van der Waals surface area (Å²) in [6.45, 7) is 4.07. The van der Waals surface area contributed by atoms with E-state index in [2.05, 4.69) is 127 Å². The molecule has 43 heavy (non-hydrogen) atoms. The summed E-state index contributed by atoms with van der Waals surface area (Å²) < 4.78 is 26.7. The van der Waals surface area contributed by atoms with Crippen LogP contribution in [-0.4, -0.2) is 12.3 Å². The summed E-state index contributed by atoms with van der Waals surface area (Å²) >= 11 is 27.6. The molecule has 0 aliphatic heterocycles. The van der Waals surface area contributed by atoms with E-state index in [1.54, 1.807) is 36.4 Å². The van der Waals surface area contributed by atoms with Gasteiger partial charge in [-0.05, 0) is 167 Å². The summed E-state index contributed by atoms with van der Waals surface area (Å²) in [7, 11) is 0. The highest BCUT2D eigenvalue weighted by molar-refractivity contribution is 9.12. The van der Waals surface area contributed by atoms with E-state index in [1.807, 2.05) is 38.1 Å². The van der Waals surface area contributed by atoms with Crippen molar-refractivity contribution >= 4 is 140 Å². The largest absolute Gasteiger partial charge is 0.519 e. The van der Waals surface area contributed by atoms with E-state index in [-0.39, 0.29) is 17.2 Å². The van der Waals surface area contributed by atoms with Crippen LogP contribution in [0.5, 0.6) is 23.0 Å². The van der Waals surface area contributed by atoms with Gasteiger partial charge in [0, 0.05) is 14.4 Å². The lowest BCUT2D eigenvalue weighted by Gasteiger charge is -2.28. The summed E-state index contributed by atoms with van der Waals surface area (Å²) in [5, 5.41) is 0. The molecule has 0 spiro atoms. The predicted molar refractivity (Wildman–Crippen MR) is 193 cm³/mol. The number of carbonyl (C=O) groups excluding carboxylic acids is 2. The zero-order valence-electron chi connectivity index (χ0n) is 21.7. The van der Waals surface area contributed by atoms with Crippen LogP contribution in [0, 0.1) is 0 Å². The van der Waals surface area contributed by atoms with Crippen molar-refractivity contribution in [2.75, 3.05) is 0 Å². The van der Waals surface area contributed by atoms with Crippen molar-refractivity contribution < 1.29 is 28.5 Å². The molecule has 0 unspecified atom stereocenters. The van der Waals surface area contributed by atoms with E-state index in [0.29, 0.717) is 32.6 Å². The van der Waals surface area contributed by atoms with Gasteiger partial charge >= 0.3 is 12.3 Å². The molecular formula is C29H16Br8O6. The van der Waals surface area contributed by atoms with Gasteiger partial charge in [-0.2, -0.15) is 0 Å². The third kappa shape index (κ3) is 8.75. The van der Waals surface area contributed by atoms with Gasteiger partial charge in [0.05, 0.1) is 26.8 Å². The molecule has 0 heterocycles. The molecule has 6 nitrogen and oxygen atoms in total. The van der Waals surface area contributed by atoms with Gasteiger partial charge in [0.15, 0.2) is 17.2 Å². The minimum atomic E-state index is -0.917. The maximum atomic E-state index is 12.7. The Kier molecular flexibility index (Phi) is 12.1. The fraction of sp³-hybridized carbons (Fsp3) is 0.103. The van der Waals surface area contributed by atoms with E-state index in [0.717, 1.165) is 20.1 Å². The highest BCUT2D eigenvalue weighted by atomic mass is 79.9. The molecule has 14 heteroatoms. The molecule has 4 rings (SSSR count). The van der Waals surface area contributed by atoms with Crippen LogP contribution in [0.2, 0.25) is 0 Å². The van der Waals surface area contributed by atoms with Crippen LogP contribution < -0.4 is 18.9 Å². The summed E-state index contributed by atoms with van der Waals surface area (Å²) in [5.74, 6) is 1.16. The molecule has 0 aromatic heterocycles. The van der Waals surface area contributed by atoms with Gasteiger partial charge in [-0.3, -0.25) is 0 Å². The second kappa shape index (κ2) is 14.8. The fourth-order valence-corrected chi connectivity index (χ4v) is 9.10. The summed E-state index contributed by atoms with van der Waals surface area (Å²) in [6.07, 6.45) is -1.79. The third-order valence-corrected chi connectivity index (χ3v) is 10.5. The predicted octanol–water partition coefficient (Wildman–Crippen LogP) is 13.3. The van der Waals surface area contributed by atoms with E-state index in [4.69, 9.17) is 18.9 Å². The average Bonchev–Trinajstić information content (AvgIpc) is 2.91. The second-order valence-electron chi connectivity index (χ2n) is 9.22. The van der Waals surface area contributed by atoms with Crippen molar-refractivity contribution in [2.24, 2.45) is 0 Å². The Balaban J connectivity index is 1.53. The Morgan fingerprint density at radius 2 is 0.814 bits per heavy atom. The van der Waals surface area contributed by atoms with Gasteiger partial charge < -0.3 is 18.9 Å². The summed E-state index contributed by atoms with van der Waals surface area (Å²) in [5.41, 5.74) is 1.25. The van der Waals surface area contributed by atoms with Crippen LogP contribution in [0.1, 0.15) is 25.0 Å². The highest BCUT2D eigenvalue weighted by Crippen LogP contribution is 2.44. The highest BCUT2D eigenvalue weighted by Gasteiger charge is 2.29. The lowest BCUT2D eigenvalue weighted by molar-refractivity contribution is 0.149. The van der Waals surface area contributed by atoms with Crippen LogP contribution in [0.25, 0.3) is 0 Å². The fourth-order valence-electron chi connectivity index (χ4n) is 3.72. The molecule has 0 bridgehead atoms.